The molecule has 0 aromatic heterocycles. The van der Waals surface area contributed by atoms with Gasteiger partial charge in [-0.3, -0.25) is 4.79 Å². The minimum Gasteiger partial charge on any atom is -0.314 e. The number of carbonyl (C=O) groups excluding carboxylic acids is 1. The maximum atomic E-state index is 12.1. The minimum atomic E-state index is -0.00301. The second-order valence-corrected chi connectivity index (χ2v) is 4.22. The highest BCUT2D eigenvalue weighted by atomic mass is 16.2. The van der Waals surface area contributed by atoms with Gasteiger partial charge in [0, 0.05) is 13.0 Å². The summed E-state index contributed by atoms with van der Waals surface area (Å²) in [6.45, 7) is 3.99. The lowest BCUT2D eigenvalue weighted by atomic mass is 10.0. The number of nitriles is 1. The second kappa shape index (κ2) is 6.05. The monoisotopic (exact) mass is 230 g/mol. The molecule has 0 bridgehead atoms. The first-order valence-electron chi connectivity index (χ1n) is 5.88. The molecule has 3 nitrogen and oxygen atoms in total. The highest BCUT2D eigenvalue weighted by Crippen LogP contribution is 2.21. The van der Waals surface area contributed by atoms with Crippen LogP contribution in [0.1, 0.15) is 32.3 Å². The largest absolute Gasteiger partial charge is 0.314 e. The van der Waals surface area contributed by atoms with E-state index in [2.05, 4.69) is 13.0 Å². The first kappa shape index (κ1) is 13.2. The second-order valence-electron chi connectivity index (χ2n) is 4.22. The van der Waals surface area contributed by atoms with Gasteiger partial charge in [0.25, 0.3) is 0 Å². The van der Waals surface area contributed by atoms with Gasteiger partial charge in [0.15, 0.2) is 0 Å². The Hall–Kier alpha value is -1.82. The number of para-hydroxylation sites is 1. The van der Waals surface area contributed by atoms with Gasteiger partial charge in [-0.2, -0.15) is 5.26 Å². The Morgan fingerprint density at radius 3 is 2.71 bits per heavy atom. The molecule has 0 heterocycles. The molecule has 0 spiro atoms. The van der Waals surface area contributed by atoms with Gasteiger partial charge < -0.3 is 4.90 Å². The summed E-state index contributed by atoms with van der Waals surface area (Å²) in [6, 6.07) is 9.27. The van der Waals surface area contributed by atoms with E-state index < -0.39 is 0 Å². The number of benzene rings is 1. The van der Waals surface area contributed by atoms with Crippen LogP contribution < -0.4 is 4.90 Å². The SMILES string of the molecule is CCCC(C)C(=O)N(C)c1ccccc1C#N. The van der Waals surface area contributed by atoms with Crippen molar-refractivity contribution in [2.24, 2.45) is 5.92 Å². The lowest BCUT2D eigenvalue weighted by Crippen LogP contribution is -2.32. The fraction of sp³-hybridized carbons (Fsp3) is 0.429. The molecule has 0 fully saturated rings. The summed E-state index contributed by atoms with van der Waals surface area (Å²) in [7, 11) is 1.73. The van der Waals surface area contributed by atoms with Crippen molar-refractivity contribution in [3.63, 3.8) is 0 Å². The maximum Gasteiger partial charge on any atom is 0.229 e. The smallest absolute Gasteiger partial charge is 0.229 e. The van der Waals surface area contributed by atoms with Crippen LogP contribution in [0.15, 0.2) is 24.3 Å². The fourth-order valence-electron chi connectivity index (χ4n) is 1.87. The molecule has 1 aromatic rings. The van der Waals surface area contributed by atoms with Gasteiger partial charge >= 0.3 is 0 Å². The van der Waals surface area contributed by atoms with Crippen LogP contribution in [-0.2, 0) is 4.79 Å². The first-order valence-corrected chi connectivity index (χ1v) is 5.88. The average Bonchev–Trinajstić information content (AvgIpc) is 2.37. The summed E-state index contributed by atoms with van der Waals surface area (Å²) in [6.07, 6.45) is 1.86. The van der Waals surface area contributed by atoms with E-state index in [0.29, 0.717) is 11.3 Å². The zero-order valence-corrected chi connectivity index (χ0v) is 10.6. The quantitative estimate of drug-likeness (QED) is 0.798. The minimum absolute atomic E-state index is 0.00301. The molecule has 1 aromatic carbocycles. The highest BCUT2D eigenvalue weighted by molar-refractivity contribution is 5.95. The van der Waals surface area contributed by atoms with Gasteiger partial charge in [-0.15, -0.1) is 0 Å². The fourth-order valence-corrected chi connectivity index (χ4v) is 1.87. The third-order valence-electron chi connectivity index (χ3n) is 2.86. The molecule has 0 aliphatic heterocycles. The summed E-state index contributed by atoms with van der Waals surface area (Å²) in [4.78, 5) is 13.7. The van der Waals surface area contributed by atoms with E-state index in [-0.39, 0.29) is 11.8 Å². The van der Waals surface area contributed by atoms with E-state index in [9.17, 15) is 4.79 Å². The Kier molecular flexibility index (Phi) is 4.71. The van der Waals surface area contributed by atoms with Gasteiger partial charge in [-0.05, 0) is 18.6 Å². The molecule has 17 heavy (non-hydrogen) atoms. The average molecular weight is 230 g/mol. The number of hydrogen-bond acceptors (Lipinski definition) is 2. The summed E-state index contributed by atoms with van der Waals surface area (Å²) >= 11 is 0. The number of rotatable bonds is 4. The topological polar surface area (TPSA) is 44.1 Å². The van der Waals surface area contributed by atoms with Crippen LogP contribution in [0, 0.1) is 17.2 Å². The van der Waals surface area contributed by atoms with Gasteiger partial charge in [0.2, 0.25) is 5.91 Å². The normalized spacial score (nSPS) is 11.6. The molecule has 1 rings (SSSR count). The zero-order valence-electron chi connectivity index (χ0n) is 10.6. The molecule has 0 saturated carbocycles. The molecular weight excluding hydrogens is 212 g/mol. The van der Waals surface area contributed by atoms with Crippen molar-refractivity contribution < 1.29 is 4.79 Å². The van der Waals surface area contributed by atoms with E-state index in [1.54, 1.807) is 30.1 Å². The third kappa shape index (κ3) is 3.07. The predicted molar refractivity (Wildman–Crippen MR) is 68.6 cm³/mol. The highest BCUT2D eigenvalue weighted by Gasteiger charge is 2.19. The molecular formula is C14H18N2O. The molecule has 1 unspecified atom stereocenters. The Labute approximate surface area is 103 Å². The van der Waals surface area contributed by atoms with Crippen LogP contribution in [0.3, 0.4) is 0 Å². The summed E-state index contributed by atoms with van der Waals surface area (Å²) in [5, 5.41) is 9.00. The van der Waals surface area contributed by atoms with Crippen molar-refractivity contribution in [1.82, 2.24) is 0 Å². The van der Waals surface area contributed by atoms with Crippen LogP contribution >= 0.6 is 0 Å². The molecule has 0 aliphatic carbocycles. The van der Waals surface area contributed by atoms with Gasteiger partial charge in [-0.25, -0.2) is 0 Å². The van der Waals surface area contributed by atoms with Crippen LogP contribution in [-0.4, -0.2) is 13.0 Å². The van der Waals surface area contributed by atoms with Crippen molar-refractivity contribution in [2.75, 3.05) is 11.9 Å². The Morgan fingerprint density at radius 1 is 1.47 bits per heavy atom. The van der Waals surface area contributed by atoms with Crippen molar-refractivity contribution in [3.05, 3.63) is 29.8 Å². The number of amides is 1. The molecule has 0 radical (unpaired) electrons. The van der Waals surface area contributed by atoms with Crippen molar-refractivity contribution in [1.29, 1.82) is 5.26 Å². The summed E-state index contributed by atoms with van der Waals surface area (Å²) < 4.78 is 0. The van der Waals surface area contributed by atoms with Crippen molar-refractivity contribution >= 4 is 11.6 Å². The third-order valence-corrected chi connectivity index (χ3v) is 2.86. The number of hydrogen-bond donors (Lipinski definition) is 0. The lowest BCUT2D eigenvalue weighted by molar-refractivity contribution is -0.121. The molecule has 0 N–H and O–H groups in total. The van der Waals surface area contributed by atoms with Gasteiger partial charge in [-0.1, -0.05) is 32.4 Å². The summed E-state index contributed by atoms with van der Waals surface area (Å²) in [5.74, 6) is 0.0614. The Balaban J connectivity index is 2.93. The molecule has 90 valence electrons. The van der Waals surface area contributed by atoms with Crippen molar-refractivity contribution in [2.45, 2.75) is 26.7 Å². The van der Waals surface area contributed by atoms with E-state index in [1.165, 1.54) is 0 Å². The molecule has 0 aliphatic rings. The Morgan fingerprint density at radius 2 is 2.12 bits per heavy atom. The standard InChI is InChI=1S/C14H18N2O/c1-4-7-11(2)14(17)16(3)13-9-6-5-8-12(13)10-15/h5-6,8-9,11H,4,7H2,1-3H3. The molecule has 3 heteroatoms. The van der Waals surface area contributed by atoms with E-state index in [4.69, 9.17) is 5.26 Å². The lowest BCUT2D eigenvalue weighted by Gasteiger charge is -2.22. The van der Waals surface area contributed by atoms with Crippen molar-refractivity contribution in [3.8, 4) is 6.07 Å². The van der Waals surface area contributed by atoms with Gasteiger partial charge in [0.1, 0.15) is 6.07 Å². The van der Waals surface area contributed by atoms with E-state index >= 15 is 0 Å². The van der Waals surface area contributed by atoms with Crippen LogP contribution in [0.4, 0.5) is 5.69 Å². The Bertz CT molecular complexity index is 434. The zero-order chi connectivity index (χ0) is 12.8. The molecule has 0 saturated heterocycles. The van der Waals surface area contributed by atoms with E-state index in [0.717, 1.165) is 12.8 Å². The van der Waals surface area contributed by atoms with Crippen LogP contribution in [0.25, 0.3) is 0 Å². The summed E-state index contributed by atoms with van der Waals surface area (Å²) in [5.41, 5.74) is 1.22. The predicted octanol–water partition coefficient (Wildman–Crippen LogP) is 2.96. The number of carbonyl (C=O) groups is 1. The maximum absolute atomic E-state index is 12.1. The van der Waals surface area contributed by atoms with Gasteiger partial charge in [0.05, 0.1) is 11.3 Å². The number of anilines is 1. The first-order chi connectivity index (χ1) is 8.11. The molecule has 1 atom stereocenters. The van der Waals surface area contributed by atoms with Crippen LogP contribution in [0.2, 0.25) is 0 Å². The van der Waals surface area contributed by atoms with E-state index in [1.807, 2.05) is 13.0 Å². The van der Waals surface area contributed by atoms with Crippen LogP contribution in [0.5, 0.6) is 0 Å². The molecule has 1 amide bonds. The number of nitrogens with zero attached hydrogens (tertiary/aromatic N) is 2.